The Morgan fingerprint density at radius 2 is 2.00 bits per heavy atom. The molecule has 0 saturated heterocycles. The zero-order valence-corrected chi connectivity index (χ0v) is 12.3. The fraction of sp³-hybridized carbons (Fsp3) is 0.278. The molecule has 0 aromatic heterocycles. The van der Waals surface area contributed by atoms with Gasteiger partial charge < -0.3 is 9.47 Å². The minimum Gasteiger partial charge on any atom is -0.443 e. The van der Waals surface area contributed by atoms with E-state index in [2.05, 4.69) is 11.4 Å². The van der Waals surface area contributed by atoms with Crippen LogP contribution in [0.25, 0.3) is 10.8 Å². The lowest BCUT2D eigenvalue weighted by atomic mass is 10.1. The van der Waals surface area contributed by atoms with Gasteiger partial charge in [-0.3, -0.25) is 5.32 Å². The van der Waals surface area contributed by atoms with Crippen LogP contribution in [-0.4, -0.2) is 25.4 Å². The van der Waals surface area contributed by atoms with Crippen molar-refractivity contribution < 1.29 is 14.3 Å². The number of rotatable bonds is 2. The van der Waals surface area contributed by atoms with Gasteiger partial charge in [-0.25, -0.2) is 4.79 Å². The third kappa shape index (κ3) is 3.65. The average Bonchev–Trinajstić information content (AvgIpc) is 2.50. The number of nitrogens with one attached hydrogen (secondary N) is 1. The van der Waals surface area contributed by atoms with Crippen molar-refractivity contribution in [1.82, 2.24) is 0 Å². The van der Waals surface area contributed by atoms with E-state index in [1.54, 1.807) is 0 Å². The van der Waals surface area contributed by atoms with E-state index in [0.717, 1.165) is 22.9 Å². The number of ether oxygens (including phenoxy) is 2. The van der Waals surface area contributed by atoms with E-state index in [1.807, 2.05) is 48.5 Å². The Morgan fingerprint density at radius 3 is 2.95 bits per heavy atom. The van der Waals surface area contributed by atoms with Gasteiger partial charge in [-0.1, -0.05) is 48.6 Å². The summed E-state index contributed by atoms with van der Waals surface area (Å²) in [6.45, 7) is 1.11. The Hall–Kier alpha value is -2.33. The summed E-state index contributed by atoms with van der Waals surface area (Å²) < 4.78 is 10.9. The van der Waals surface area contributed by atoms with Gasteiger partial charge in [0.05, 0.1) is 18.9 Å². The molecule has 1 atom stereocenters. The Bertz CT molecular complexity index is 676. The van der Waals surface area contributed by atoms with Crippen molar-refractivity contribution in [1.29, 1.82) is 0 Å². The Labute approximate surface area is 129 Å². The zero-order chi connectivity index (χ0) is 15.2. The molecule has 1 heterocycles. The second kappa shape index (κ2) is 7.09. The van der Waals surface area contributed by atoms with Gasteiger partial charge in [0.15, 0.2) is 0 Å². The normalized spacial score (nSPS) is 18.5. The molecule has 4 nitrogen and oxygen atoms in total. The molecule has 22 heavy (non-hydrogen) atoms. The Morgan fingerprint density at radius 1 is 1.14 bits per heavy atom. The third-order valence-electron chi connectivity index (χ3n) is 3.60. The fourth-order valence-corrected chi connectivity index (χ4v) is 2.51. The predicted octanol–water partition coefficient (Wildman–Crippen LogP) is 4.12. The van der Waals surface area contributed by atoms with E-state index in [0.29, 0.717) is 19.6 Å². The standard InChI is InChI=1S/C18H19NO3/c20-18(22-15-9-2-1-5-12-21-13-15)19-17-11-6-8-14-7-3-4-10-16(14)17/h1-4,6-8,10-11,15H,5,9,12-13H2,(H,19,20)/t15-/m1/s1. The van der Waals surface area contributed by atoms with E-state index in [9.17, 15) is 4.79 Å². The summed E-state index contributed by atoms with van der Waals surface area (Å²) in [5.41, 5.74) is 0.755. The number of anilines is 1. The van der Waals surface area contributed by atoms with Crippen molar-refractivity contribution in [3.63, 3.8) is 0 Å². The molecule has 0 unspecified atom stereocenters. The van der Waals surface area contributed by atoms with Gasteiger partial charge in [0.1, 0.15) is 6.10 Å². The fourth-order valence-electron chi connectivity index (χ4n) is 2.51. The molecule has 0 saturated carbocycles. The molecule has 0 bridgehead atoms. The minimum atomic E-state index is -0.445. The molecule has 1 N–H and O–H groups in total. The summed E-state index contributed by atoms with van der Waals surface area (Å²) in [5, 5.41) is 4.90. The monoisotopic (exact) mass is 297 g/mol. The molecule has 4 heteroatoms. The lowest BCUT2D eigenvalue weighted by Crippen LogP contribution is -2.27. The molecule has 0 aliphatic carbocycles. The van der Waals surface area contributed by atoms with E-state index in [-0.39, 0.29) is 6.10 Å². The topological polar surface area (TPSA) is 47.6 Å². The van der Waals surface area contributed by atoms with Crippen molar-refractivity contribution in [3.8, 4) is 0 Å². The van der Waals surface area contributed by atoms with Crippen LogP contribution < -0.4 is 5.32 Å². The molecule has 114 valence electrons. The van der Waals surface area contributed by atoms with E-state index < -0.39 is 6.09 Å². The smallest absolute Gasteiger partial charge is 0.412 e. The van der Waals surface area contributed by atoms with E-state index in [4.69, 9.17) is 9.47 Å². The number of hydrogen-bond acceptors (Lipinski definition) is 3. The van der Waals surface area contributed by atoms with E-state index >= 15 is 0 Å². The maximum absolute atomic E-state index is 12.1. The van der Waals surface area contributed by atoms with Gasteiger partial charge in [-0.05, 0) is 17.9 Å². The van der Waals surface area contributed by atoms with Crippen molar-refractivity contribution in [3.05, 3.63) is 54.6 Å². The maximum Gasteiger partial charge on any atom is 0.412 e. The quantitative estimate of drug-likeness (QED) is 0.848. The van der Waals surface area contributed by atoms with Gasteiger partial charge in [0, 0.05) is 11.8 Å². The first-order chi connectivity index (χ1) is 10.8. The molecular formula is C18H19NO3. The van der Waals surface area contributed by atoms with Gasteiger partial charge in [-0.2, -0.15) is 0 Å². The second-order valence-corrected chi connectivity index (χ2v) is 5.25. The molecule has 1 amide bonds. The summed E-state index contributed by atoms with van der Waals surface area (Å²) in [7, 11) is 0. The lowest BCUT2D eigenvalue weighted by Gasteiger charge is -2.18. The lowest BCUT2D eigenvalue weighted by molar-refractivity contribution is 0.0259. The van der Waals surface area contributed by atoms with Crippen LogP contribution in [0.4, 0.5) is 10.5 Å². The molecule has 1 aliphatic heterocycles. The summed E-state index contributed by atoms with van der Waals surface area (Å²) in [6, 6.07) is 13.7. The SMILES string of the molecule is O=C(Nc1cccc2ccccc12)O[C@@H]1CC=CCCOC1. The van der Waals surface area contributed by atoms with Gasteiger partial charge >= 0.3 is 6.09 Å². The van der Waals surface area contributed by atoms with Crippen LogP contribution in [0.15, 0.2) is 54.6 Å². The first-order valence-corrected chi connectivity index (χ1v) is 7.51. The van der Waals surface area contributed by atoms with Crippen LogP contribution in [0.5, 0.6) is 0 Å². The van der Waals surface area contributed by atoms with Crippen LogP contribution in [0.2, 0.25) is 0 Å². The highest BCUT2D eigenvalue weighted by atomic mass is 16.6. The van der Waals surface area contributed by atoms with Crippen LogP contribution in [0, 0.1) is 0 Å². The minimum absolute atomic E-state index is 0.244. The Kier molecular flexibility index (Phi) is 4.71. The summed E-state index contributed by atoms with van der Waals surface area (Å²) in [4.78, 5) is 12.1. The molecule has 1 aliphatic rings. The van der Waals surface area contributed by atoms with Crippen molar-refractivity contribution in [2.75, 3.05) is 18.5 Å². The molecule has 0 fully saturated rings. The summed E-state index contributed by atoms with van der Waals surface area (Å²) in [5.74, 6) is 0. The number of fused-ring (bicyclic) bond motifs is 1. The molecule has 2 aromatic rings. The Balaban J connectivity index is 1.68. The number of carbonyl (C=O) groups excluding carboxylic acids is 1. The molecule has 2 aromatic carbocycles. The highest BCUT2D eigenvalue weighted by Gasteiger charge is 2.15. The molecular weight excluding hydrogens is 278 g/mol. The average molecular weight is 297 g/mol. The van der Waals surface area contributed by atoms with Crippen LogP contribution >= 0.6 is 0 Å². The largest absolute Gasteiger partial charge is 0.443 e. The van der Waals surface area contributed by atoms with Crippen LogP contribution in [-0.2, 0) is 9.47 Å². The number of benzene rings is 2. The maximum atomic E-state index is 12.1. The first-order valence-electron chi connectivity index (χ1n) is 7.51. The highest BCUT2D eigenvalue weighted by molar-refractivity contribution is 6.00. The predicted molar refractivity (Wildman–Crippen MR) is 87.0 cm³/mol. The zero-order valence-electron chi connectivity index (χ0n) is 12.3. The van der Waals surface area contributed by atoms with Crippen molar-refractivity contribution >= 4 is 22.6 Å². The van der Waals surface area contributed by atoms with Gasteiger partial charge in [0.25, 0.3) is 0 Å². The number of hydrogen-bond donors (Lipinski definition) is 1. The summed E-state index contributed by atoms with van der Waals surface area (Å²) >= 11 is 0. The number of amides is 1. The molecule has 0 spiro atoms. The summed E-state index contributed by atoms with van der Waals surface area (Å²) in [6.07, 6.45) is 5.00. The van der Waals surface area contributed by atoms with Crippen molar-refractivity contribution in [2.24, 2.45) is 0 Å². The van der Waals surface area contributed by atoms with Crippen molar-refractivity contribution in [2.45, 2.75) is 18.9 Å². The van der Waals surface area contributed by atoms with E-state index in [1.165, 1.54) is 0 Å². The van der Waals surface area contributed by atoms with Crippen LogP contribution in [0.3, 0.4) is 0 Å². The van der Waals surface area contributed by atoms with Gasteiger partial charge in [-0.15, -0.1) is 0 Å². The third-order valence-corrected chi connectivity index (χ3v) is 3.60. The molecule has 3 rings (SSSR count). The highest BCUT2D eigenvalue weighted by Crippen LogP contribution is 2.23. The molecule has 0 radical (unpaired) electrons. The van der Waals surface area contributed by atoms with Crippen LogP contribution in [0.1, 0.15) is 12.8 Å². The second-order valence-electron chi connectivity index (χ2n) is 5.25. The first kappa shape index (κ1) is 14.6. The van der Waals surface area contributed by atoms with Gasteiger partial charge in [0.2, 0.25) is 0 Å². The number of carbonyl (C=O) groups is 1.